The molecule has 0 aromatic heterocycles. The fourth-order valence-electron chi connectivity index (χ4n) is 4.37. The summed E-state index contributed by atoms with van der Waals surface area (Å²) >= 11 is 0. The number of aliphatic hydroxyl groups is 1. The van der Waals surface area contributed by atoms with Gasteiger partial charge in [-0.25, -0.2) is 0 Å². The maximum atomic E-state index is 13.8. The van der Waals surface area contributed by atoms with Gasteiger partial charge in [0.05, 0.1) is 6.61 Å². The molecular weight excluding hydrogens is 490 g/mol. The molecule has 0 aliphatic rings. The quantitative estimate of drug-likeness (QED) is 0.326. The lowest BCUT2D eigenvalue weighted by Crippen LogP contribution is -2.49. The molecule has 3 aromatic carbocycles. The van der Waals surface area contributed by atoms with Crippen molar-refractivity contribution in [2.24, 2.45) is 5.73 Å². The van der Waals surface area contributed by atoms with Crippen molar-refractivity contribution in [2.75, 3.05) is 33.9 Å². The standard InChI is InChI=1S/C32H41N3O4/c1-32(2,33)18-9-14-30(37)35(4)28(23-24-15-16-25-10-5-6-12-27(25)22-24)31(38)34(3)19-17-26-11-7-8-13-29(26)39-21-20-36/h5-16,22,28,36H,17-21,23,33H2,1-4H3/t28-/m1/s1. The molecule has 0 aliphatic heterocycles. The molecule has 0 radical (unpaired) electrons. The highest BCUT2D eigenvalue weighted by Gasteiger charge is 2.29. The number of carbonyl (C=O) groups is 2. The van der Waals surface area contributed by atoms with Crippen molar-refractivity contribution in [2.45, 2.75) is 44.7 Å². The van der Waals surface area contributed by atoms with Crippen molar-refractivity contribution in [3.63, 3.8) is 0 Å². The van der Waals surface area contributed by atoms with Gasteiger partial charge < -0.3 is 25.4 Å². The lowest BCUT2D eigenvalue weighted by Gasteiger charge is -2.31. The van der Waals surface area contributed by atoms with Crippen LogP contribution in [0.1, 0.15) is 31.4 Å². The molecule has 1 atom stereocenters. The fraction of sp³-hybridized carbons (Fsp3) is 0.375. The Bertz CT molecular complexity index is 1280. The van der Waals surface area contributed by atoms with E-state index in [1.165, 1.54) is 11.0 Å². The zero-order valence-corrected chi connectivity index (χ0v) is 23.5. The van der Waals surface area contributed by atoms with Crippen LogP contribution in [0, 0.1) is 0 Å². The Balaban J connectivity index is 1.80. The van der Waals surface area contributed by atoms with Gasteiger partial charge in [-0.15, -0.1) is 0 Å². The van der Waals surface area contributed by atoms with E-state index in [1.807, 2.05) is 68.4 Å². The van der Waals surface area contributed by atoms with Gasteiger partial charge in [0.15, 0.2) is 0 Å². The molecule has 7 nitrogen and oxygen atoms in total. The Morgan fingerprint density at radius 2 is 1.72 bits per heavy atom. The van der Waals surface area contributed by atoms with Crippen molar-refractivity contribution in [1.82, 2.24) is 9.80 Å². The van der Waals surface area contributed by atoms with E-state index in [-0.39, 0.29) is 25.0 Å². The molecule has 0 bridgehead atoms. The number of carbonyl (C=O) groups excluding carboxylic acids is 2. The minimum absolute atomic E-state index is 0.0687. The van der Waals surface area contributed by atoms with Gasteiger partial charge in [-0.05, 0) is 60.7 Å². The number of hydrogen-bond donors (Lipinski definition) is 2. The van der Waals surface area contributed by atoms with E-state index < -0.39 is 11.6 Å². The molecule has 2 amide bonds. The van der Waals surface area contributed by atoms with E-state index in [0.717, 1.165) is 21.9 Å². The van der Waals surface area contributed by atoms with Crippen molar-refractivity contribution in [3.05, 3.63) is 90.0 Å². The van der Waals surface area contributed by atoms with Crippen LogP contribution < -0.4 is 10.5 Å². The predicted molar refractivity (Wildman–Crippen MR) is 157 cm³/mol. The summed E-state index contributed by atoms with van der Waals surface area (Å²) in [5.74, 6) is 0.315. The molecule has 39 heavy (non-hydrogen) atoms. The highest BCUT2D eigenvalue weighted by atomic mass is 16.5. The Kier molecular flexibility index (Phi) is 10.7. The Morgan fingerprint density at radius 3 is 2.44 bits per heavy atom. The van der Waals surface area contributed by atoms with E-state index >= 15 is 0 Å². The normalized spacial score (nSPS) is 12.5. The van der Waals surface area contributed by atoms with Gasteiger partial charge >= 0.3 is 0 Å². The summed E-state index contributed by atoms with van der Waals surface area (Å²) < 4.78 is 5.65. The topological polar surface area (TPSA) is 96.1 Å². The summed E-state index contributed by atoms with van der Waals surface area (Å²) in [6.07, 6.45) is 4.79. The second kappa shape index (κ2) is 13.9. The smallest absolute Gasteiger partial charge is 0.246 e. The summed E-state index contributed by atoms with van der Waals surface area (Å²) in [6.45, 7) is 4.40. The number of hydrogen-bond acceptors (Lipinski definition) is 5. The number of rotatable bonds is 13. The number of nitrogens with two attached hydrogens (primary N) is 1. The number of nitrogens with zero attached hydrogens (tertiary/aromatic N) is 2. The van der Waals surface area contributed by atoms with Crippen LogP contribution in [0.2, 0.25) is 0 Å². The predicted octanol–water partition coefficient (Wildman–Crippen LogP) is 3.97. The largest absolute Gasteiger partial charge is 0.491 e. The number of likely N-dealkylation sites (N-methyl/N-ethyl adjacent to an activating group) is 2. The van der Waals surface area contributed by atoms with Crippen LogP contribution >= 0.6 is 0 Å². The van der Waals surface area contributed by atoms with Crippen LogP contribution in [0.3, 0.4) is 0 Å². The third-order valence-electron chi connectivity index (χ3n) is 6.66. The number of amides is 2. The van der Waals surface area contributed by atoms with E-state index in [2.05, 4.69) is 12.1 Å². The lowest BCUT2D eigenvalue weighted by molar-refractivity contribution is -0.141. The van der Waals surface area contributed by atoms with Gasteiger partial charge in [-0.2, -0.15) is 0 Å². The zero-order valence-electron chi connectivity index (χ0n) is 23.5. The number of ether oxygens (including phenoxy) is 1. The highest BCUT2D eigenvalue weighted by Crippen LogP contribution is 2.21. The van der Waals surface area contributed by atoms with Crippen LogP contribution in [-0.4, -0.2) is 72.2 Å². The molecule has 0 saturated carbocycles. The average molecular weight is 532 g/mol. The molecule has 0 heterocycles. The minimum Gasteiger partial charge on any atom is -0.491 e. The van der Waals surface area contributed by atoms with Crippen LogP contribution in [0.4, 0.5) is 0 Å². The van der Waals surface area contributed by atoms with Gasteiger partial charge in [0.25, 0.3) is 0 Å². The number of aliphatic hydroxyl groups excluding tert-OH is 1. The number of benzene rings is 3. The van der Waals surface area contributed by atoms with E-state index in [4.69, 9.17) is 15.6 Å². The number of para-hydroxylation sites is 1. The Hall–Kier alpha value is -3.68. The first-order chi connectivity index (χ1) is 18.6. The van der Waals surface area contributed by atoms with Gasteiger partial charge in [-0.1, -0.05) is 66.7 Å². The van der Waals surface area contributed by atoms with E-state index in [1.54, 1.807) is 25.1 Å². The highest BCUT2D eigenvalue weighted by molar-refractivity contribution is 5.93. The number of fused-ring (bicyclic) bond motifs is 1. The first-order valence-electron chi connectivity index (χ1n) is 13.4. The molecule has 0 fully saturated rings. The maximum absolute atomic E-state index is 13.8. The van der Waals surface area contributed by atoms with Crippen LogP contribution in [0.5, 0.6) is 5.75 Å². The molecular formula is C32H41N3O4. The molecule has 3 aromatic rings. The molecule has 0 saturated heterocycles. The Labute approximate surface area is 231 Å². The van der Waals surface area contributed by atoms with Crippen LogP contribution in [0.25, 0.3) is 10.8 Å². The fourth-order valence-corrected chi connectivity index (χ4v) is 4.37. The SMILES string of the molecule is CN(CCc1ccccc1OCCO)C(=O)[C@@H](Cc1ccc2ccccc2c1)N(C)C(=O)C=CCC(C)(C)N. The molecule has 208 valence electrons. The summed E-state index contributed by atoms with van der Waals surface area (Å²) in [4.78, 5) is 30.1. The van der Waals surface area contributed by atoms with Crippen molar-refractivity contribution >= 4 is 22.6 Å². The van der Waals surface area contributed by atoms with Gasteiger partial charge in [-0.3, -0.25) is 9.59 Å². The van der Waals surface area contributed by atoms with E-state index in [9.17, 15) is 9.59 Å². The van der Waals surface area contributed by atoms with Gasteiger partial charge in [0.2, 0.25) is 11.8 Å². The average Bonchev–Trinajstić information content (AvgIpc) is 2.92. The second-order valence-electron chi connectivity index (χ2n) is 10.6. The molecule has 0 unspecified atom stereocenters. The van der Waals surface area contributed by atoms with Gasteiger partial charge in [0, 0.05) is 32.6 Å². The van der Waals surface area contributed by atoms with Crippen molar-refractivity contribution in [1.29, 1.82) is 0 Å². The molecule has 7 heteroatoms. The van der Waals surface area contributed by atoms with Crippen molar-refractivity contribution in [3.8, 4) is 5.75 Å². The maximum Gasteiger partial charge on any atom is 0.246 e. The van der Waals surface area contributed by atoms with Crippen molar-refractivity contribution < 1.29 is 19.4 Å². The third kappa shape index (κ3) is 8.94. The summed E-state index contributed by atoms with van der Waals surface area (Å²) in [5.41, 5.74) is 7.56. The third-order valence-corrected chi connectivity index (χ3v) is 6.66. The molecule has 3 N–H and O–H groups in total. The lowest BCUT2D eigenvalue weighted by atomic mass is 9.99. The monoisotopic (exact) mass is 531 g/mol. The zero-order chi connectivity index (χ0) is 28.4. The second-order valence-corrected chi connectivity index (χ2v) is 10.6. The Morgan fingerprint density at radius 1 is 1.03 bits per heavy atom. The van der Waals surface area contributed by atoms with Gasteiger partial charge in [0.1, 0.15) is 18.4 Å². The summed E-state index contributed by atoms with van der Waals surface area (Å²) in [6, 6.07) is 21.2. The molecule has 0 aliphatic carbocycles. The minimum atomic E-state index is -0.680. The molecule has 0 spiro atoms. The van der Waals surface area contributed by atoms with Crippen LogP contribution in [-0.2, 0) is 22.4 Å². The summed E-state index contributed by atoms with van der Waals surface area (Å²) in [7, 11) is 3.44. The summed E-state index contributed by atoms with van der Waals surface area (Å²) in [5, 5.41) is 11.3. The van der Waals surface area contributed by atoms with Crippen LogP contribution in [0.15, 0.2) is 78.9 Å². The first-order valence-corrected chi connectivity index (χ1v) is 13.4. The van der Waals surface area contributed by atoms with E-state index in [0.29, 0.717) is 31.6 Å². The first kappa shape index (κ1) is 29.9. The molecule has 3 rings (SSSR count).